The van der Waals surface area contributed by atoms with Crippen LogP contribution in [-0.4, -0.2) is 14.2 Å². The second kappa shape index (κ2) is 5.23. The standard InChI is InChI=1S/C14H13BrO2/c1-16-13-8-11(10-6-4-3-5-7-10)12(15)9-14(13)17-2/h3-9H,1-2H3. The van der Waals surface area contributed by atoms with E-state index in [1.807, 2.05) is 30.3 Å². The second-order valence-electron chi connectivity index (χ2n) is 3.55. The van der Waals surface area contributed by atoms with Crippen LogP contribution in [0.25, 0.3) is 11.1 Å². The number of benzene rings is 2. The average molecular weight is 293 g/mol. The van der Waals surface area contributed by atoms with E-state index in [1.165, 1.54) is 0 Å². The van der Waals surface area contributed by atoms with Gasteiger partial charge >= 0.3 is 0 Å². The second-order valence-corrected chi connectivity index (χ2v) is 4.41. The number of hydrogen-bond donors (Lipinski definition) is 0. The normalized spacial score (nSPS) is 10.1. The van der Waals surface area contributed by atoms with Crippen LogP contribution < -0.4 is 9.47 Å². The van der Waals surface area contributed by atoms with Crippen molar-refractivity contribution in [1.29, 1.82) is 0 Å². The molecule has 0 saturated carbocycles. The minimum absolute atomic E-state index is 0.721. The van der Waals surface area contributed by atoms with Crippen molar-refractivity contribution in [2.24, 2.45) is 0 Å². The Hall–Kier alpha value is -1.48. The van der Waals surface area contributed by atoms with Crippen LogP contribution in [0.5, 0.6) is 11.5 Å². The van der Waals surface area contributed by atoms with Crippen LogP contribution in [0.15, 0.2) is 46.9 Å². The van der Waals surface area contributed by atoms with E-state index in [4.69, 9.17) is 9.47 Å². The highest BCUT2D eigenvalue weighted by Crippen LogP contribution is 2.38. The molecular weight excluding hydrogens is 280 g/mol. The van der Waals surface area contributed by atoms with Crippen molar-refractivity contribution in [3.05, 3.63) is 46.9 Å². The first kappa shape index (κ1) is 12.0. The summed E-state index contributed by atoms with van der Waals surface area (Å²) < 4.78 is 11.5. The summed E-state index contributed by atoms with van der Waals surface area (Å²) in [6, 6.07) is 14.0. The number of halogens is 1. The fraction of sp³-hybridized carbons (Fsp3) is 0.143. The number of hydrogen-bond acceptors (Lipinski definition) is 2. The third-order valence-electron chi connectivity index (χ3n) is 2.56. The molecule has 88 valence electrons. The van der Waals surface area contributed by atoms with Crippen LogP contribution >= 0.6 is 15.9 Å². The molecule has 2 aromatic rings. The molecule has 0 heterocycles. The van der Waals surface area contributed by atoms with E-state index in [-0.39, 0.29) is 0 Å². The first-order valence-corrected chi connectivity index (χ1v) is 6.02. The molecule has 0 aliphatic heterocycles. The van der Waals surface area contributed by atoms with Crippen molar-refractivity contribution in [3.8, 4) is 22.6 Å². The highest BCUT2D eigenvalue weighted by atomic mass is 79.9. The van der Waals surface area contributed by atoms with Gasteiger partial charge in [-0.25, -0.2) is 0 Å². The Labute approximate surface area is 109 Å². The lowest BCUT2D eigenvalue weighted by molar-refractivity contribution is 0.355. The number of methoxy groups -OCH3 is 2. The maximum atomic E-state index is 5.31. The van der Waals surface area contributed by atoms with Gasteiger partial charge < -0.3 is 9.47 Å². The zero-order chi connectivity index (χ0) is 12.3. The van der Waals surface area contributed by atoms with E-state index < -0.39 is 0 Å². The Morgan fingerprint density at radius 3 is 2.06 bits per heavy atom. The molecule has 0 spiro atoms. The van der Waals surface area contributed by atoms with E-state index in [0.717, 1.165) is 27.1 Å². The molecule has 0 saturated heterocycles. The molecule has 3 heteroatoms. The molecule has 0 amide bonds. The fourth-order valence-electron chi connectivity index (χ4n) is 1.69. The molecule has 0 fully saturated rings. The zero-order valence-electron chi connectivity index (χ0n) is 9.74. The van der Waals surface area contributed by atoms with Gasteiger partial charge in [-0.15, -0.1) is 0 Å². The highest BCUT2D eigenvalue weighted by molar-refractivity contribution is 9.10. The van der Waals surface area contributed by atoms with Crippen LogP contribution in [0.3, 0.4) is 0 Å². The summed E-state index contributed by atoms with van der Waals surface area (Å²) in [6.45, 7) is 0. The van der Waals surface area contributed by atoms with E-state index in [1.54, 1.807) is 14.2 Å². The summed E-state index contributed by atoms with van der Waals surface area (Å²) >= 11 is 3.55. The van der Waals surface area contributed by atoms with E-state index in [2.05, 4.69) is 28.1 Å². The molecular formula is C14H13BrO2. The summed E-state index contributed by atoms with van der Waals surface area (Å²) in [5.41, 5.74) is 2.23. The van der Waals surface area contributed by atoms with Crippen molar-refractivity contribution in [1.82, 2.24) is 0 Å². The molecule has 0 aliphatic rings. The van der Waals surface area contributed by atoms with Gasteiger partial charge in [0, 0.05) is 4.47 Å². The SMILES string of the molecule is COc1cc(Br)c(-c2ccccc2)cc1OC. The van der Waals surface area contributed by atoms with Gasteiger partial charge in [-0.2, -0.15) is 0 Å². The molecule has 2 aromatic carbocycles. The third kappa shape index (κ3) is 2.44. The Kier molecular flexibility index (Phi) is 3.69. The Morgan fingerprint density at radius 1 is 0.882 bits per heavy atom. The van der Waals surface area contributed by atoms with Gasteiger partial charge in [0.2, 0.25) is 0 Å². The summed E-state index contributed by atoms with van der Waals surface area (Å²) in [5, 5.41) is 0. The molecule has 0 aliphatic carbocycles. The van der Waals surface area contributed by atoms with Gasteiger partial charge in [-0.1, -0.05) is 46.3 Å². The van der Waals surface area contributed by atoms with E-state index >= 15 is 0 Å². The first-order valence-electron chi connectivity index (χ1n) is 5.23. The van der Waals surface area contributed by atoms with Crippen LogP contribution in [0.2, 0.25) is 0 Å². The smallest absolute Gasteiger partial charge is 0.161 e. The van der Waals surface area contributed by atoms with Gasteiger partial charge in [-0.05, 0) is 23.3 Å². The minimum Gasteiger partial charge on any atom is -0.493 e. The maximum absolute atomic E-state index is 5.31. The van der Waals surface area contributed by atoms with Crippen LogP contribution in [0.1, 0.15) is 0 Å². The lowest BCUT2D eigenvalue weighted by Gasteiger charge is -2.12. The van der Waals surface area contributed by atoms with Crippen LogP contribution in [-0.2, 0) is 0 Å². The largest absolute Gasteiger partial charge is 0.493 e. The van der Waals surface area contributed by atoms with Gasteiger partial charge in [0.15, 0.2) is 11.5 Å². The molecule has 0 radical (unpaired) electrons. The van der Waals surface area contributed by atoms with Crippen LogP contribution in [0.4, 0.5) is 0 Å². The Bertz CT molecular complexity index is 509. The molecule has 2 nitrogen and oxygen atoms in total. The predicted molar refractivity (Wildman–Crippen MR) is 72.7 cm³/mol. The zero-order valence-corrected chi connectivity index (χ0v) is 11.3. The van der Waals surface area contributed by atoms with Crippen molar-refractivity contribution in [2.75, 3.05) is 14.2 Å². The van der Waals surface area contributed by atoms with Crippen LogP contribution in [0, 0.1) is 0 Å². The predicted octanol–water partition coefficient (Wildman–Crippen LogP) is 4.13. The lowest BCUT2D eigenvalue weighted by atomic mass is 10.1. The maximum Gasteiger partial charge on any atom is 0.161 e. The van der Waals surface area contributed by atoms with Crippen molar-refractivity contribution in [2.45, 2.75) is 0 Å². The average Bonchev–Trinajstić information content (AvgIpc) is 2.39. The van der Waals surface area contributed by atoms with Gasteiger partial charge in [0.1, 0.15) is 0 Å². The molecule has 0 bridgehead atoms. The summed E-state index contributed by atoms with van der Waals surface area (Å²) in [7, 11) is 3.27. The first-order chi connectivity index (χ1) is 8.26. The Morgan fingerprint density at radius 2 is 1.47 bits per heavy atom. The van der Waals surface area contributed by atoms with Gasteiger partial charge in [0.05, 0.1) is 14.2 Å². The van der Waals surface area contributed by atoms with Gasteiger partial charge in [-0.3, -0.25) is 0 Å². The lowest BCUT2D eigenvalue weighted by Crippen LogP contribution is -1.92. The molecule has 17 heavy (non-hydrogen) atoms. The third-order valence-corrected chi connectivity index (χ3v) is 3.21. The van der Waals surface area contributed by atoms with Crippen molar-refractivity contribution in [3.63, 3.8) is 0 Å². The Balaban J connectivity index is 2.56. The molecule has 0 atom stereocenters. The fourth-order valence-corrected chi connectivity index (χ4v) is 2.24. The minimum atomic E-state index is 0.721. The van der Waals surface area contributed by atoms with E-state index in [0.29, 0.717) is 0 Å². The topological polar surface area (TPSA) is 18.5 Å². The number of ether oxygens (including phenoxy) is 2. The summed E-state index contributed by atoms with van der Waals surface area (Å²) in [4.78, 5) is 0. The van der Waals surface area contributed by atoms with Gasteiger partial charge in [0.25, 0.3) is 0 Å². The quantitative estimate of drug-likeness (QED) is 0.847. The van der Waals surface area contributed by atoms with Crippen molar-refractivity contribution < 1.29 is 9.47 Å². The number of rotatable bonds is 3. The molecule has 2 rings (SSSR count). The van der Waals surface area contributed by atoms with Crippen molar-refractivity contribution >= 4 is 15.9 Å². The monoisotopic (exact) mass is 292 g/mol. The molecule has 0 unspecified atom stereocenters. The summed E-state index contributed by atoms with van der Waals surface area (Å²) in [5.74, 6) is 1.45. The summed E-state index contributed by atoms with van der Waals surface area (Å²) in [6.07, 6.45) is 0. The molecule has 0 N–H and O–H groups in total. The molecule has 0 aromatic heterocycles. The van der Waals surface area contributed by atoms with E-state index in [9.17, 15) is 0 Å². The highest BCUT2D eigenvalue weighted by Gasteiger charge is 2.10.